The van der Waals surface area contributed by atoms with E-state index in [1.54, 1.807) is 0 Å². The third-order valence-electron chi connectivity index (χ3n) is 5.29. The van der Waals surface area contributed by atoms with Crippen LogP contribution in [-0.4, -0.2) is 47.2 Å². The zero-order valence-electron chi connectivity index (χ0n) is 16.5. The Kier molecular flexibility index (Phi) is 6.80. The van der Waals surface area contributed by atoms with E-state index in [4.69, 9.17) is 0 Å². The van der Waals surface area contributed by atoms with Gasteiger partial charge in [0.25, 0.3) is 0 Å². The maximum absolute atomic E-state index is 12.9. The second-order valence-corrected chi connectivity index (χ2v) is 7.20. The highest BCUT2D eigenvalue weighted by Gasteiger charge is 2.29. The second-order valence-electron chi connectivity index (χ2n) is 7.20. The van der Waals surface area contributed by atoms with Gasteiger partial charge in [0.15, 0.2) is 5.82 Å². The minimum absolute atomic E-state index is 0.0613. The van der Waals surface area contributed by atoms with Crippen molar-refractivity contribution in [3.8, 4) is 11.3 Å². The summed E-state index contributed by atoms with van der Waals surface area (Å²) in [7, 11) is 0. The monoisotopic (exact) mass is 366 g/mol. The summed E-state index contributed by atoms with van der Waals surface area (Å²) in [6.07, 6.45) is 4.17. The lowest BCUT2D eigenvalue weighted by molar-refractivity contribution is -0.135. The van der Waals surface area contributed by atoms with Crippen molar-refractivity contribution in [3.05, 3.63) is 42.5 Å². The van der Waals surface area contributed by atoms with E-state index >= 15 is 0 Å². The molecule has 1 aromatic heterocycles. The van der Waals surface area contributed by atoms with E-state index in [0.717, 1.165) is 68.9 Å². The van der Waals surface area contributed by atoms with Gasteiger partial charge in [-0.05, 0) is 38.3 Å². The first-order valence-electron chi connectivity index (χ1n) is 10.2. The number of anilines is 1. The largest absolute Gasteiger partial charge is 0.354 e. The van der Waals surface area contributed by atoms with Gasteiger partial charge < -0.3 is 9.80 Å². The number of carbonyl (C=O) groups is 1. The molecule has 0 bridgehead atoms. The average molecular weight is 367 g/mol. The van der Waals surface area contributed by atoms with E-state index in [2.05, 4.69) is 28.9 Å². The minimum atomic E-state index is 0.0613. The standard InChI is InChI=1S/C22H30N4O/c1-3-5-15-25(4-2)22(27)19-12-9-16-26(17-19)21-14-13-20(23-24-21)18-10-7-6-8-11-18/h6-8,10-11,13-14,19H,3-5,9,12,15-17H2,1-2H3. The van der Waals surface area contributed by atoms with Crippen LogP contribution < -0.4 is 4.90 Å². The summed E-state index contributed by atoms with van der Waals surface area (Å²) in [5, 5.41) is 8.84. The summed E-state index contributed by atoms with van der Waals surface area (Å²) < 4.78 is 0. The predicted molar refractivity (Wildman–Crippen MR) is 110 cm³/mol. The van der Waals surface area contributed by atoms with Crippen LogP contribution in [-0.2, 0) is 4.79 Å². The van der Waals surface area contributed by atoms with Crippen LogP contribution >= 0.6 is 0 Å². The van der Waals surface area contributed by atoms with Crippen molar-refractivity contribution >= 4 is 11.7 Å². The van der Waals surface area contributed by atoms with Gasteiger partial charge in [-0.15, -0.1) is 10.2 Å². The van der Waals surface area contributed by atoms with Gasteiger partial charge in [0.2, 0.25) is 5.91 Å². The first-order chi connectivity index (χ1) is 13.2. The number of piperidine rings is 1. The lowest BCUT2D eigenvalue weighted by Gasteiger charge is -2.35. The molecular formula is C22H30N4O. The van der Waals surface area contributed by atoms with Crippen molar-refractivity contribution in [2.75, 3.05) is 31.1 Å². The van der Waals surface area contributed by atoms with Crippen molar-refractivity contribution in [2.24, 2.45) is 5.92 Å². The van der Waals surface area contributed by atoms with E-state index in [0.29, 0.717) is 5.91 Å². The van der Waals surface area contributed by atoms with Crippen LogP contribution in [0.2, 0.25) is 0 Å². The Morgan fingerprint density at radius 1 is 1.15 bits per heavy atom. The van der Waals surface area contributed by atoms with Gasteiger partial charge in [-0.2, -0.15) is 0 Å². The van der Waals surface area contributed by atoms with Crippen molar-refractivity contribution in [1.82, 2.24) is 15.1 Å². The molecule has 144 valence electrons. The molecule has 1 atom stereocenters. The number of hydrogen-bond acceptors (Lipinski definition) is 4. The van der Waals surface area contributed by atoms with Crippen LogP contribution in [0.5, 0.6) is 0 Å². The van der Waals surface area contributed by atoms with Gasteiger partial charge in [-0.3, -0.25) is 4.79 Å². The van der Waals surface area contributed by atoms with E-state index < -0.39 is 0 Å². The fourth-order valence-corrected chi connectivity index (χ4v) is 3.67. The summed E-state index contributed by atoms with van der Waals surface area (Å²) in [6, 6.07) is 14.1. The van der Waals surface area contributed by atoms with Crippen LogP contribution in [0.4, 0.5) is 5.82 Å². The molecule has 1 saturated heterocycles. The number of unbranched alkanes of at least 4 members (excludes halogenated alkanes) is 1. The lowest BCUT2D eigenvalue weighted by Crippen LogP contribution is -2.45. The van der Waals surface area contributed by atoms with Crippen molar-refractivity contribution in [2.45, 2.75) is 39.5 Å². The quantitative estimate of drug-likeness (QED) is 0.743. The summed E-state index contributed by atoms with van der Waals surface area (Å²) in [4.78, 5) is 17.1. The van der Waals surface area contributed by atoms with Gasteiger partial charge in [0.05, 0.1) is 11.6 Å². The summed E-state index contributed by atoms with van der Waals surface area (Å²) in [5.41, 5.74) is 1.94. The van der Waals surface area contributed by atoms with Gasteiger partial charge in [-0.1, -0.05) is 43.7 Å². The van der Waals surface area contributed by atoms with Gasteiger partial charge >= 0.3 is 0 Å². The Morgan fingerprint density at radius 2 is 1.96 bits per heavy atom. The fourth-order valence-electron chi connectivity index (χ4n) is 3.67. The molecule has 2 heterocycles. The molecule has 1 fully saturated rings. The normalized spacial score (nSPS) is 17.0. The van der Waals surface area contributed by atoms with Crippen LogP contribution in [0, 0.1) is 5.92 Å². The van der Waals surface area contributed by atoms with Crippen LogP contribution in [0.15, 0.2) is 42.5 Å². The molecule has 0 aliphatic carbocycles. The van der Waals surface area contributed by atoms with E-state index in [1.807, 2.05) is 47.4 Å². The zero-order chi connectivity index (χ0) is 19.1. The first-order valence-corrected chi connectivity index (χ1v) is 10.2. The number of benzene rings is 1. The minimum Gasteiger partial charge on any atom is -0.354 e. The van der Waals surface area contributed by atoms with Crippen LogP contribution in [0.1, 0.15) is 39.5 Å². The molecule has 2 aromatic rings. The molecular weight excluding hydrogens is 336 g/mol. The zero-order valence-corrected chi connectivity index (χ0v) is 16.5. The first kappa shape index (κ1) is 19.3. The molecule has 1 amide bonds. The highest BCUT2D eigenvalue weighted by molar-refractivity contribution is 5.79. The average Bonchev–Trinajstić information content (AvgIpc) is 2.75. The SMILES string of the molecule is CCCCN(CC)C(=O)C1CCCN(c2ccc(-c3ccccc3)nn2)C1. The van der Waals surface area contributed by atoms with E-state index in [1.165, 1.54) is 0 Å². The summed E-state index contributed by atoms with van der Waals surface area (Å²) in [5.74, 6) is 1.22. The molecule has 1 aliphatic heterocycles. The van der Waals surface area contributed by atoms with Crippen molar-refractivity contribution in [1.29, 1.82) is 0 Å². The molecule has 0 spiro atoms. The molecule has 0 N–H and O–H groups in total. The maximum atomic E-state index is 12.9. The van der Waals surface area contributed by atoms with Gasteiger partial charge in [0, 0.05) is 31.7 Å². The molecule has 27 heavy (non-hydrogen) atoms. The highest BCUT2D eigenvalue weighted by Crippen LogP contribution is 2.24. The Hall–Kier alpha value is -2.43. The Bertz CT molecular complexity index is 717. The predicted octanol–water partition coefficient (Wildman–Crippen LogP) is 4.01. The van der Waals surface area contributed by atoms with E-state index in [9.17, 15) is 4.79 Å². The van der Waals surface area contributed by atoms with Gasteiger partial charge in [0.1, 0.15) is 0 Å². The highest BCUT2D eigenvalue weighted by atomic mass is 16.2. The van der Waals surface area contributed by atoms with E-state index in [-0.39, 0.29) is 5.92 Å². The number of carbonyl (C=O) groups excluding carboxylic acids is 1. The lowest BCUT2D eigenvalue weighted by atomic mass is 9.96. The second kappa shape index (κ2) is 9.49. The van der Waals surface area contributed by atoms with Gasteiger partial charge in [-0.25, -0.2) is 0 Å². The molecule has 0 radical (unpaired) electrons. The van der Waals surface area contributed by atoms with Crippen molar-refractivity contribution < 1.29 is 4.79 Å². The van der Waals surface area contributed by atoms with Crippen LogP contribution in [0.3, 0.4) is 0 Å². The number of aromatic nitrogens is 2. The third kappa shape index (κ3) is 4.85. The molecule has 1 aliphatic rings. The number of hydrogen-bond donors (Lipinski definition) is 0. The molecule has 1 unspecified atom stereocenters. The molecule has 5 heteroatoms. The fraction of sp³-hybridized carbons (Fsp3) is 0.500. The number of amides is 1. The number of rotatable bonds is 7. The Balaban J connectivity index is 1.66. The molecule has 3 rings (SSSR count). The third-order valence-corrected chi connectivity index (χ3v) is 5.29. The van der Waals surface area contributed by atoms with Crippen LogP contribution in [0.25, 0.3) is 11.3 Å². The summed E-state index contributed by atoms with van der Waals surface area (Å²) >= 11 is 0. The summed E-state index contributed by atoms with van der Waals surface area (Å²) in [6.45, 7) is 7.57. The molecule has 1 aromatic carbocycles. The maximum Gasteiger partial charge on any atom is 0.227 e. The smallest absolute Gasteiger partial charge is 0.227 e. The topological polar surface area (TPSA) is 49.3 Å². The van der Waals surface area contributed by atoms with Crippen molar-refractivity contribution in [3.63, 3.8) is 0 Å². The molecule has 0 saturated carbocycles. The Morgan fingerprint density at radius 3 is 2.63 bits per heavy atom. The molecule has 5 nitrogen and oxygen atoms in total. The number of nitrogens with zero attached hydrogens (tertiary/aromatic N) is 4. The Labute approximate surface area is 162 Å².